The molecule has 1 aromatic heterocycles. The molecular formula is C36H46N10O7. The zero-order chi connectivity index (χ0) is 37.9. The number of amides is 6. The van der Waals surface area contributed by atoms with Crippen LogP contribution in [-0.2, 0) is 41.6 Å². The number of hydrogen-bond acceptors (Lipinski definition) is 8. The summed E-state index contributed by atoms with van der Waals surface area (Å²) in [6.45, 7) is 0.00993. The number of carbonyl (C=O) groups is 6. The molecule has 11 N–H and O–H groups in total. The fourth-order valence-electron chi connectivity index (χ4n) is 6.55. The highest BCUT2D eigenvalue weighted by Crippen LogP contribution is 2.21. The second kappa shape index (κ2) is 17.9. The molecule has 2 saturated heterocycles. The van der Waals surface area contributed by atoms with Crippen molar-refractivity contribution in [1.29, 1.82) is 0 Å². The second-order valence-corrected chi connectivity index (χ2v) is 13.1. The van der Waals surface area contributed by atoms with Crippen molar-refractivity contribution < 1.29 is 33.9 Å². The largest absolute Gasteiger partial charge is 0.508 e. The number of carbonyl (C=O) groups excluding carboxylic acids is 6. The van der Waals surface area contributed by atoms with Crippen molar-refractivity contribution >= 4 is 52.3 Å². The van der Waals surface area contributed by atoms with Gasteiger partial charge in [-0.2, -0.15) is 0 Å². The summed E-state index contributed by atoms with van der Waals surface area (Å²) in [5.41, 5.74) is 13.0. The van der Waals surface area contributed by atoms with Crippen LogP contribution in [0.4, 0.5) is 0 Å². The number of aromatic hydroxyl groups is 1. The number of aromatic amines is 1. The molecule has 0 bridgehead atoms. The fraction of sp³-hybridized carbons (Fsp3) is 0.417. The number of phenolic OH excluding ortho intramolecular Hbond substituents is 1. The van der Waals surface area contributed by atoms with Gasteiger partial charge < -0.3 is 53.0 Å². The molecule has 2 aliphatic heterocycles. The smallest absolute Gasteiger partial charge is 0.243 e. The highest BCUT2D eigenvalue weighted by atomic mass is 16.3. The third-order valence-corrected chi connectivity index (χ3v) is 9.28. The van der Waals surface area contributed by atoms with E-state index in [0.29, 0.717) is 31.4 Å². The van der Waals surface area contributed by atoms with Crippen LogP contribution in [0.15, 0.2) is 59.7 Å². The van der Waals surface area contributed by atoms with E-state index in [1.165, 1.54) is 17.0 Å². The van der Waals surface area contributed by atoms with Crippen LogP contribution < -0.4 is 38.1 Å². The SMILES string of the molecule is NC(N)=NCCC[C@@H]1NC(=O)[C@H](Cc2ccc(O)cc2)NC(=O)[C@H](Cc2c[nH]c3ccccc23)NC(=O)CNC(=O)[C@@H]2CCCN2C(=O)CCNC1=O. The van der Waals surface area contributed by atoms with Gasteiger partial charge in [-0.25, -0.2) is 0 Å². The van der Waals surface area contributed by atoms with Gasteiger partial charge in [0.05, 0.1) is 6.54 Å². The van der Waals surface area contributed by atoms with Crippen molar-refractivity contribution in [2.24, 2.45) is 16.5 Å². The number of aliphatic imine (C=N–C) groups is 1. The van der Waals surface area contributed by atoms with E-state index in [-0.39, 0.29) is 56.4 Å². The predicted molar refractivity (Wildman–Crippen MR) is 195 cm³/mol. The molecule has 4 atom stereocenters. The highest BCUT2D eigenvalue weighted by Gasteiger charge is 2.35. The number of rotatable bonds is 8. The van der Waals surface area contributed by atoms with Crippen LogP contribution in [0, 0.1) is 0 Å². The van der Waals surface area contributed by atoms with Gasteiger partial charge in [-0.05, 0) is 55.0 Å². The first-order chi connectivity index (χ1) is 25.5. The van der Waals surface area contributed by atoms with E-state index in [1.807, 2.05) is 24.3 Å². The third kappa shape index (κ3) is 10.5. The third-order valence-electron chi connectivity index (χ3n) is 9.28. The van der Waals surface area contributed by atoms with E-state index in [0.717, 1.165) is 16.5 Å². The van der Waals surface area contributed by atoms with E-state index < -0.39 is 60.2 Å². The average Bonchev–Trinajstić information content (AvgIpc) is 3.79. The van der Waals surface area contributed by atoms with E-state index in [2.05, 4.69) is 36.6 Å². The maximum atomic E-state index is 14.1. The average molecular weight is 731 g/mol. The lowest BCUT2D eigenvalue weighted by molar-refractivity contribution is -0.139. The van der Waals surface area contributed by atoms with Crippen LogP contribution >= 0.6 is 0 Å². The molecular weight excluding hydrogens is 684 g/mol. The Labute approximate surface area is 305 Å². The minimum absolute atomic E-state index is 0.00719. The molecule has 2 fully saturated rings. The summed E-state index contributed by atoms with van der Waals surface area (Å²) in [7, 11) is 0. The summed E-state index contributed by atoms with van der Waals surface area (Å²) in [5, 5.41) is 24.2. The molecule has 0 spiro atoms. The zero-order valence-corrected chi connectivity index (χ0v) is 29.2. The number of benzene rings is 2. The first kappa shape index (κ1) is 38.1. The van der Waals surface area contributed by atoms with Gasteiger partial charge in [0.25, 0.3) is 0 Å². The molecule has 17 heteroatoms. The maximum Gasteiger partial charge on any atom is 0.243 e. The molecule has 2 aromatic carbocycles. The van der Waals surface area contributed by atoms with Crippen LogP contribution in [0.25, 0.3) is 10.9 Å². The van der Waals surface area contributed by atoms with Gasteiger partial charge in [-0.1, -0.05) is 30.3 Å². The minimum atomic E-state index is -1.24. The Kier molecular flexibility index (Phi) is 12.9. The molecule has 282 valence electrons. The Balaban J connectivity index is 1.46. The van der Waals surface area contributed by atoms with E-state index in [9.17, 15) is 33.9 Å². The summed E-state index contributed by atoms with van der Waals surface area (Å²) < 4.78 is 0. The van der Waals surface area contributed by atoms with Gasteiger partial charge in [-0.3, -0.25) is 33.8 Å². The summed E-state index contributed by atoms with van der Waals surface area (Å²) in [6.07, 6.45) is 3.06. The summed E-state index contributed by atoms with van der Waals surface area (Å²) in [6, 6.07) is 9.21. The Hall–Kier alpha value is -6.13. The Morgan fingerprint density at radius 1 is 0.830 bits per heavy atom. The summed E-state index contributed by atoms with van der Waals surface area (Å²) in [4.78, 5) is 89.8. The fourth-order valence-corrected chi connectivity index (χ4v) is 6.55. The predicted octanol–water partition coefficient (Wildman–Crippen LogP) is -1.21. The number of aromatic nitrogens is 1. The molecule has 0 radical (unpaired) electrons. The Morgan fingerprint density at radius 3 is 2.30 bits per heavy atom. The van der Waals surface area contributed by atoms with Crippen molar-refractivity contribution in [2.75, 3.05) is 26.2 Å². The lowest BCUT2D eigenvalue weighted by Crippen LogP contribution is -2.58. The number of phenols is 1. The first-order valence-corrected chi connectivity index (χ1v) is 17.6. The number of para-hydroxylation sites is 1. The Bertz CT molecular complexity index is 1840. The van der Waals surface area contributed by atoms with E-state index >= 15 is 0 Å². The van der Waals surface area contributed by atoms with Crippen LogP contribution in [0.2, 0.25) is 0 Å². The van der Waals surface area contributed by atoms with Crippen molar-refractivity contribution in [1.82, 2.24) is 36.5 Å². The number of hydrogen-bond donors (Lipinski definition) is 9. The Morgan fingerprint density at radius 2 is 1.55 bits per heavy atom. The number of nitrogens with one attached hydrogen (secondary N) is 6. The summed E-state index contributed by atoms with van der Waals surface area (Å²) in [5.74, 6) is -3.56. The molecule has 17 nitrogen and oxygen atoms in total. The van der Waals surface area contributed by atoms with Crippen molar-refractivity contribution in [3.63, 3.8) is 0 Å². The van der Waals surface area contributed by atoms with Gasteiger partial charge in [0, 0.05) is 56.0 Å². The van der Waals surface area contributed by atoms with Crippen molar-refractivity contribution in [3.05, 3.63) is 65.9 Å². The highest BCUT2D eigenvalue weighted by molar-refractivity contribution is 5.96. The van der Waals surface area contributed by atoms with Crippen LogP contribution in [0.3, 0.4) is 0 Å². The quantitative estimate of drug-likeness (QED) is 0.0764. The minimum Gasteiger partial charge on any atom is -0.508 e. The van der Waals surface area contributed by atoms with E-state index in [1.54, 1.807) is 18.3 Å². The molecule has 6 amide bonds. The molecule has 0 unspecified atom stereocenters. The number of fused-ring (bicyclic) bond motifs is 2. The van der Waals surface area contributed by atoms with Crippen LogP contribution in [0.1, 0.15) is 43.2 Å². The number of nitrogens with zero attached hydrogens (tertiary/aromatic N) is 2. The van der Waals surface area contributed by atoms with Gasteiger partial charge in [0.15, 0.2) is 5.96 Å². The number of H-pyrrole nitrogens is 1. The zero-order valence-electron chi connectivity index (χ0n) is 29.2. The van der Waals surface area contributed by atoms with Crippen LogP contribution in [-0.4, -0.2) is 107 Å². The summed E-state index contributed by atoms with van der Waals surface area (Å²) >= 11 is 0. The number of guanidine groups is 1. The maximum absolute atomic E-state index is 14.1. The molecule has 3 aromatic rings. The molecule has 2 aliphatic rings. The molecule has 53 heavy (non-hydrogen) atoms. The molecule has 0 aliphatic carbocycles. The van der Waals surface area contributed by atoms with Crippen LogP contribution in [0.5, 0.6) is 5.75 Å². The molecule has 0 saturated carbocycles. The lowest BCUT2D eigenvalue weighted by atomic mass is 10.0. The van der Waals surface area contributed by atoms with Gasteiger partial charge in [-0.15, -0.1) is 0 Å². The molecule has 3 heterocycles. The van der Waals surface area contributed by atoms with Gasteiger partial charge in [0.1, 0.15) is 29.9 Å². The van der Waals surface area contributed by atoms with Gasteiger partial charge in [0.2, 0.25) is 35.4 Å². The topological polar surface area (TPSA) is 266 Å². The molecule has 5 rings (SSSR count). The van der Waals surface area contributed by atoms with Crippen molar-refractivity contribution in [3.8, 4) is 5.75 Å². The standard InChI is InChI=1S/C36H46N10O7/c37-36(38)40-14-3-7-26-32(50)39-15-13-31(49)46-16-4-8-29(46)35(53)42-20-30(48)43-28(18-22-19-41-25-6-2-1-5-24(22)25)34(52)45-27(33(51)44-26)17-21-9-11-23(47)12-10-21/h1-2,5-6,9-12,19,26-29,41,47H,3-4,7-8,13-18,20H2,(H,39,50)(H,42,53)(H,43,48)(H,44,51)(H,45,52)(H4,37,38,40)/t26-,27-,28-,29-/m0/s1. The monoisotopic (exact) mass is 730 g/mol. The van der Waals surface area contributed by atoms with E-state index in [4.69, 9.17) is 11.5 Å². The normalized spacial score (nSPS) is 22.3. The second-order valence-electron chi connectivity index (χ2n) is 13.1. The van der Waals surface area contributed by atoms with Crippen molar-refractivity contribution in [2.45, 2.75) is 69.1 Å². The van der Waals surface area contributed by atoms with Gasteiger partial charge >= 0.3 is 0 Å². The lowest BCUT2D eigenvalue weighted by Gasteiger charge is -2.25. The number of nitrogens with two attached hydrogens (primary N) is 2. The first-order valence-electron chi connectivity index (χ1n) is 17.6.